The lowest BCUT2D eigenvalue weighted by Crippen LogP contribution is -2.56. The smallest absolute Gasteiger partial charge is 0.258 e. The van der Waals surface area contributed by atoms with Crippen LogP contribution < -0.4 is 20.7 Å². The van der Waals surface area contributed by atoms with Gasteiger partial charge in [0.1, 0.15) is 17.8 Å². The van der Waals surface area contributed by atoms with Gasteiger partial charge in [0.25, 0.3) is 5.91 Å². The molecule has 5 amide bonds. The lowest BCUT2D eigenvalue weighted by molar-refractivity contribution is -0.141. The SMILES string of the molecule is COCCC(=O)N1C[C@@H]2NC(=O)[C@H](Cc3ccccc3)NC(=O)CN(CCOC)C(=O)[C@@H](CC(C)C)NC(=O)COc3cccc(c3)[C@H]2C1. The zero-order valence-electron chi connectivity index (χ0n) is 28.8. The Morgan fingerprint density at radius 1 is 0.898 bits per heavy atom. The molecule has 4 atom stereocenters. The Morgan fingerprint density at radius 3 is 2.35 bits per heavy atom. The van der Waals surface area contributed by atoms with Gasteiger partial charge >= 0.3 is 0 Å². The fourth-order valence-electron chi connectivity index (χ4n) is 6.20. The number of carbonyl (C=O) groups is 5. The highest BCUT2D eigenvalue weighted by Crippen LogP contribution is 2.31. The zero-order valence-corrected chi connectivity index (χ0v) is 28.8. The van der Waals surface area contributed by atoms with Crippen LogP contribution in [0.5, 0.6) is 5.75 Å². The topological polar surface area (TPSA) is 156 Å². The van der Waals surface area contributed by atoms with Crippen LogP contribution >= 0.6 is 0 Å². The molecule has 0 spiro atoms. The first-order chi connectivity index (χ1) is 23.6. The molecule has 1 saturated heterocycles. The van der Waals surface area contributed by atoms with E-state index >= 15 is 0 Å². The van der Waals surface area contributed by atoms with Gasteiger partial charge in [-0.25, -0.2) is 0 Å². The van der Waals surface area contributed by atoms with Crippen LogP contribution in [0.15, 0.2) is 54.6 Å². The minimum Gasteiger partial charge on any atom is -0.484 e. The van der Waals surface area contributed by atoms with Gasteiger partial charge in [-0.05, 0) is 35.6 Å². The van der Waals surface area contributed by atoms with Crippen LogP contribution in [0.2, 0.25) is 0 Å². The molecule has 2 aliphatic rings. The number of hydrogen-bond acceptors (Lipinski definition) is 8. The molecule has 2 aromatic rings. The lowest BCUT2D eigenvalue weighted by atomic mass is 9.93. The molecular weight excluding hydrogens is 630 g/mol. The first-order valence-electron chi connectivity index (χ1n) is 16.8. The Hall–Kier alpha value is -4.49. The van der Waals surface area contributed by atoms with Crippen LogP contribution in [0.4, 0.5) is 0 Å². The average molecular weight is 680 g/mol. The Balaban J connectivity index is 1.71. The van der Waals surface area contributed by atoms with Crippen molar-refractivity contribution in [3.05, 3.63) is 65.7 Å². The largest absolute Gasteiger partial charge is 0.484 e. The predicted octanol–water partition coefficient (Wildman–Crippen LogP) is 1.26. The number of fused-ring (bicyclic) bond motifs is 4. The summed E-state index contributed by atoms with van der Waals surface area (Å²) in [6.45, 7) is 4.34. The second-order valence-corrected chi connectivity index (χ2v) is 12.9. The molecule has 2 bridgehead atoms. The molecule has 0 radical (unpaired) electrons. The van der Waals surface area contributed by atoms with Crippen molar-refractivity contribution in [2.75, 3.05) is 60.2 Å². The van der Waals surface area contributed by atoms with Crippen molar-refractivity contribution in [3.63, 3.8) is 0 Å². The summed E-state index contributed by atoms with van der Waals surface area (Å²) in [7, 11) is 3.03. The van der Waals surface area contributed by atoms with Gasteiger partial charge in [-0.1, -0.05) is 56.3 Å². The maximum absolute atomic E-state index is 14.1. The van der Waals surface area contributed by atoms with Crippen LogP contribution in [0, 0.1) is 5.92 Å². The summed E-state index contributed by atoms with van der Waals surface area (Å²) in [6, 6.07) is 14.2. The summed E-state index contributed by atoms with van der Waals surface area (Å²) in [5.41, 5.74) is 1.65. The average Bonchev–Trinajstić information content (AvgIpc) is 3.51. The Kier molecular flexibility index (Phi) is 14.0. The summed E-state index contributed by atoms with van der Waals surface area (Å²) in [5, 5.41) is 8.80. The number of nitrogens with one attached hydrogen (secondary N) is 3. The molecular formula is C36H49N5O8. The predicted molar refractivity (Wildman–Crippen MR) is 182 cm³/mol. The van der Waals surface area contributed by atoms with Crippen LogP contribution in [0.1, 0.15) is 43.7 Å². The molecule has 0 aromatic heterocycles. The first kappa shape index (κ1) is 37.3. The fraction of sp³-hybridized carbons (Fsp3) is 0.528. The third kappa shape index (κ3) is 11.0. The zero-order chi connectivity index (χ0) is 35.3. The highest BCUT2D eigenvalue weighted by molar-refractivity contribution is 5.93. The molecule has 4 rings (SSSR count). The molecule has 266 valence electrons. The number of methoxy groups -OCH3 is 2. The summed E-state index contributed by atoms with van der Waals surface area (Å²) >= 11 is 0. The molecule has 0 saturated carbocycles. The van der Waals surface area contributed by atoms with Crippen molar-refractivity contribution in [1.82, 2.24) is 25.8 Å². The molecule has 0 unspecified atom stereocenters. The van der Waals surface area contributed by atoms with E-state index in [1.165, 1.54) is 19.1 Å². The second kappa shape index (κ2) is 18.3. The van der Waals surface area contributed by atoms with E-state index in [4.69, 9.17) is 14.2 Å². The van der Waals surface area contributed by atoms with E-state index in [-0.39, 0.29) is 70.0 Å². The fourth-order valence-corrected chi connectivity index (χ4v) is 6.20. The minimum absolute atomic E-state index is 0.0575. The number of likely N-dealkylation sites (tertiary alicyclic amines) is 1. The monoisotopic (exact) mass is 679 g/mol. The van der Waals surface area contributed by atoms with Gasteiger partial charge in [-0.15, -0.1) is 0 Å². The van der Waals surface area contributed by atoms with Gasteiger partial charge < -0.3 is 40.0 Å². The van der Waals surface area contributed by atoms with Gasteiger partial charge in [-0.2, -0.15) is 0 Å². The third-order valence-corrected chi connectivity index (χ3v) is 8.66. The lowest BCUT2D eigenvalue weighted by Gasteiger charge is -2.29. The number of carbonyl (C=O) groups excluding carboxylic acids is 5. The van der Waals surface area contributed by atoms with Crippen molar-refractivity contribution in [2.24, 2.45) is 5.92 Å². The van der Waals surface area contributed by atoms with E-state index in [2.05, 4.69) is 16.0 Å². The van der Waals surface area contributed by atoms with Crippen molar-refractivity contribution in [2.45, 2.75) is 57.2 Å². The summed E-state index contributed by atoms with van der Waals surface area (Å²) in [4.78, 5) is 70.8. The molecule has 0 aliphatic carbocycles. The van der Waals surface area contributed by atoms with Crippen LogP contribution in [-0.4, -0.2) is 118 Å². The Bertz CT molecular complexity index is 1440. The van der Waals surface area contributed by atoms with Gasteiger partial charge in [0.2, 0.25) is 23.6 Å². The maximum Gasteiger partial charge on any atom is 0.258 e. The van der Waals surface area contributed by atoms with E-state index in [9.17, 15) is 24.0 Å². The Morgan fingerprint density at radius 2 is 1.63 bits per heavy atom. The van der Waals surface area contributed by atoms with Gasteiger partial charge in [0, 0.05) is 46.2 Å². The van der Waals surface area contributed by atoms with E-state index in [1.807, 2.05) is 50.2 Å². The number of benzene rings is 2. The van der Waals surface area contributed by atoms with Gasteiger partial charge in [0.15, 0.2) is 6.61 Å². The number of hydrogen-bond donors (Lipinski definition) is 3. The molecule has 49 heavy (non-hydrogen) atoms. The van der Waals surface area contributed by atoms with E-state index in [0.717, 1.165) is 11.1 Å². The normalized spacial score (nSPS) is 22.4. The van der Waals surface area contributed by atoms with E-state index < -0.39 is 41.8 Å². The van der Waals surface area contributed by atoms with Gasteiger partial charge in [-0.3, -0.25) is 24.0 Å². The summed E-state index contributed by atoms with van der Waals surface area (Å²) in [5.74, 6) is -1.76. The number of ether oxygens (including phenoxy) is 3. The summed E-state index contributed by atoms with van der Waals surface area (Å²) < 4.78 is 16.2. The Labute approximate surface area is 288 Å². The van der Waals surface area contributed by atoms with Crippen LogP contribution in [-0.2, 0) is 39.9 Å². The minimum atomic E-state index is -0.979. The van der Waals surface area contributed by atoms with Crippen LogP contribution in [0.25, 0.3) is 0 Å². The molecule has 13 heteroatoms. The standard InChI is InChI=1S/C36H49N5O8/c1-24(2)17-30-36(46)40(14-16-48-4)22-32(42)37-29(18-25-9-6-5-7-10-25)35(45)39-31-21-41(34(44)13-15-47-3)20-28(31)26-11-8-12-27(19-26)49-23-33(43)38-30/h5-12,19,24,28-31H,13-18,20-23H2,1-4H3,(H,37,42)(H,38,43)(H,39,45)/t28-,29+,30-,31+/m1/s1. The quantitative estimate of drug-likeness (QED) is 0.339. The highest BCUT2D eigenvalue weighted by Gasteiger charge is 2.39. The van der Waals surface area contributed by atoms with Crippen molar-refractivity contribution in [3.8, 4) is 5.75 Å². The van der Waals surface area contributed by atoms with Crippen molar-refractivity contribution >= 4 is 29.5 Å². The van der Waals surface area contributed by atoms with Crippen LogP contribution in [0.3, 0.4) is 0 Å². The molecule has 13 nitrogen and oxygen atoms in total. The molecule has 1 fully saturated rings. The van der Waals surface area contributed by atoms with Crippen molar-refractivity contribution < 1.29 is 38.2 Å². The molecule has 2 aromatic carbocycles. The van der Waals surface area contributed by atoms with Gasteiger partial charge in [0.05, 0.1) is 32.2 Å². The highest BCUT2D eigenvalue weighted by atomic mass is 16.5. The number of nitrogens with zero attached hydrogens (tertiary/aromatic N) is 2. The molecule has 3 N–H and O–H groups in total. The van der Waals surface area contributed by atoms with Crippen molar-refractivity contribution in [1.29, 1.82) is 0 Å². The number of amides is 5. The third-order valence-electron chi connectivity index (χ3n) is 8.66. The first-order valence-corrected chi connectivity index (χ1v) is 16.8. The number of rotatable bonds is 10. The second-order valence-electron chi connectivity index (χ2n) is 12.9. The maximum atomic E-state index is 14.1. The van der Waals surface area contributed by atoms with E-state index in [1.54, 1.807) is 23.1 Å². The van der Waals surface area contributed by atoms with E-state index in [0.29, 0.717) is 18.7 Å². The molecule has 2 heterocycles. The molecule has 2 aliphatic heterocycles. The summed E-state index contributed by atoms with van der Waals surface area (Å²) in [6.07, 6.45) is 0.742.